The molecule has 2 rings (SSSR count). The molecular formula is C20H23BrN2O2. The predicted molar refractivity (Wildman–Crippen MR) is 105 cm³/mol. The van der Waals surface area contributed by atoms with Crippen molar-refractivity contribution in [2.24, 2.45) is 5.92 Å². The lowest BCUT2D eigenvalue weighted by Crippen LogP contribution is -2.47. The van der Waals surface area contributed by atoms with Crippen LogP contribution in [0.4, 0.5) is 5.69 Å². The number of rotatable bonds is 5. The fourth-order valence-electron chi connectivity index (χ4n) is 2.50. The number of aryl methyl sites for hydroxylation is 1. The van der Waals surface area contributed by atoms with Crippen LogP contribution >= 0.6 is 15.9 Å². The average Bonchev–Trinajstić information content (AvgIpc) is 2.56. The van der Waals surface area contributed by atoms with Crippen LogP contribution in [0.5, 0.6) is 0 Å². The van der Waals surface area contributed by atoms with E-state index in [0.717, 1.165) is 16.8 Å². The lowest BCUT2D eigenvalue weighted by Gasteiger charge is -2.23. The Morgan fingerprint density at radius 2 is 1.68 bits per heavy atom. The highest BCUT2D eigenvalue weighted by molar-refractivity contribution is 9.10. The predicted octanol–water partition coefficient (Wildman–Crippen LogP) is 4.46. The Kier molecular flexibility index (Phi) is 6.37. The molecular weight excluding hydrogens is 380 g/mol. The van der Waals surface area contributed by atoms with Gasteiger partial charge in [0.25, 0.3) is 5.91 Å². The second kappa shape index (κ2) is 8.30. The maximum atomic E-state index is 12.7. The van der Waals surface area contributed by atoms with Crippen LogP contribution in [-0.4, -0.2) is 17.9 Å². The third-order valence-corrected chi connectivity index (χ3v) is 4.91. The van der Waals surface area contributed by atoms with Crippen LogP contribution in [0.3, 0.4) is 0 Å². The SMILES string of the molecule is Cc1cccc(NC(=O)C(NC(=O)c2ccccc2Br)C(C)C)c1C. The first-order chi connectivity index (χ1) is 11.8. The number of hydrogen-bond donors (Lipinski definition) is 2. The minimum absolute atomic E-state index is 0.0449. The van der Waals surface area contributed by atoms with Crippen molar-refractivity contribution in [3.63, 3.8) is 0 Å². The van der Waals surface area contributed by atoms with Crippen molar-refractivity contribution >= 4 is 33.4 Å². The fourth-order valence-corrected chi connectivity index (χ4v) is 2.96. The van der Waals surface area contributed by atoms with E-state index in [-0.39, 0.29) is 17.7 Å². The summed E-state index contributed by atoms with van der Waals surface area (Å²) in [6, 6.07) is 12.3. The van der Waals surface area contributed by atoms with Crippen molar-refractivity contribution in [1.29, 1.82) is 0 Å². The first-order valence-electron chi connectivity index (χ1n) is 8.23. The van der Waals surface area contributed by atoms with Gasteiger partial charge < -0.3 is 10.6 Å². The molecule has 0 spiro atoms. The second-order valence-electron chi connectivity index (χ2n) is 6.41. The summed E-state index contributed by atoms with van der Waals surface area (Å²) in [5.74, 6) is -0.539. The summed E-state index contributed by atoms with van der Waals surface area (Å²) in [6.07, 6.45) is 0. The summed E-state index contributed by atoms with van der Waals surface area (Å²) >= 11 is 3.37. The molecule has 2 amide bonds. The number of benzene rings is 2. The monoisotopic (exact) mass is 402 g/mol. The third kappa shape index (κ3) is 4.69. The molecule has 0 bridgehead atoms. The number of nitrogens with one attached hydrogen (secondary N) is 2. The minimum Gasteiger partial charge on any atom is -0.340 e. The van der Waals surface area contributed by atoms with Crippen LogP contribution < -0.4 is 10.6 Å². The van der Waals surface area contributed by atoms with E-state index in [1.807, 2.05) is 52.0 Å². The van der Waals surface area contributed by atoms with Crippen molar-refractivity contribution in [3.8, 4) is 0 Å². The molecule has 0 aliphatic rings. The Labute approximate surface area is 157 Å². The van der Waals surface area contributed by atoms with Crippen LogP contribution in [0.25, 0.3) is 0 Å². The van der Waals surface area contributed by atoms with E-state index in [1.165, 1.54) is 0 Å². The molecule has 0 aliphatic heterocycles. The van der Waals surface area contributed by atoms with Crippen LogP contribution in [0, 0.1) is 19.8 Å². The summed E-state index contributed by atoms with van der Waals surface area (Å²) < 4.78 is 0.699. The van der Waals surface area contributed by atoms with Gasteiger partial charge in [0.05, 0.1) is 5.56 Å². The molecule has 4 nitrogen and oxygen atoms in total. The normalized spacial score (nSPS) is 11.9. The molecule has 2 N–H and O–H groups in total. The number of anilines is 1. The lowest BCUT2D eigenvalue weighted by molar-refractivity contribution is -0.118. The second-order valence-corrected chi connectivity index (χ2v) is 7.27. The van der Waals surface area contributed by atoms with Crippen LogP contribution in [-0.2, 0) is 4.79 Å². The van der Waals surface area contributed by atoms with E-state index in [9.17, 15) is 9.59 Å². The quantitative estimate of drug-likeness (QED) is 0.775. The Morgan fingerprint density at radius 1 is 1.00 bits per heavy atom. The molecule has 2 aromatic carbocycles. The van der Waals surface area contributed by atoms with Gasteiger partial charge in [-0.2, -0.15) is 0 Å². The number of halogens is 1. The Morgan fingerprint density at radius 3 is 2.32 bits per heavy atom. The standard InChI is InChI=1S/C20H23BrN2O2/c1-12(2)18(23-19(24)15-9-5-6-10-16(15)21)20(25)22-17-11-7-8-13(3)14(17)4/h5-12,18H,1-4H3,(H,22,25)(H,23,24). The van der Waals surface area contributed by atoms with Gasteiger partial charge in [0, 0.05) is 10.2 Å². The minimum atomic E-state index is -0.625. The van der Waals surface area contributed by atoms with Crippen LogP contribution in [0.15, 0.2) is 46.9 Å². The number of carbonyl (C=O) groups excluding carboxylic acids is 2. The number of hydrogen-bond acceptors (Lipinski definition) is 2. The van der Waals surface area contributed by atoms with Crippen molar-refractivity contribution < 1.29 is 9.59 Å². The molecule has 5 heteroatoms. The highest BCUT2D eigenvalue weighted by Crippen LogP contribution is 2.20. The molecule has 2 aromatic rings. The van der Waals surface area contributed by atoms with Crippen LogP contribution in [0.2, 0.25) is 0 Å². The molecule has 0 radical (unpaired) electrons. The molecule has 0 saturated heterocycles. The largest absolute Gasteiger partial charge is 0.340 e. The maximum absolute atomic E-state index is 12.7. The van der Waals surface area contributed by atoms with E-state index in [4.69, 9.17) is 0 Å². The molecule has 0 heterocycles. The first-order valence-corrected chi connectivity index (χ1v) is 9.03. The van der Waals surface area contributed by atoms with Gasteiger partial charge in [0.1, 0.15) is 6.04 Å². The Balaban J connectivity index is 2.17. The zero-order valence-corrected chi connectivity index (χ0v) is 16.5. The van der Waals surface area contributed by atoms with Gasteiger partial charge in [0.2, 0.25) is 5.91 Å². The Hall–Kier alpha value is -2.14. The van der Waals surface area contributed by atoms with E-state index >= 15 is 0 Å². The molecule has 0 saturated carbocycles. The Bertz CT molecular complexity index is 787. The average molecular weight is 403 g/mol. The zero-order valence-electron chi connectivity index (χ0n) is 14.9. The van der Waals surface area contributed by atoms with Gasteiger partial charge in [-0.3, -0.25) is 9.59 Å². The molecule has 0 aliphatic carbocycles. The number of carbonyl (C=O) groups is 2. The molecule has 0 fully saturated rings. The van der Waals surface area contributed by atoms with E-state index < -0.39 is 6.04 Å². The lowest BCUT2D eigenvalue weighted by atomic mass is 10.0. The van der Waals surface area contributed by atoms with Crippen molar-refractivity contribution in [2.75, 3.05) is 5.32 Å². The summed E-state index contributed by atoms with van der Waals surface area (Å²) in [5, 5.41) is 5.79. The highest BCUT2D eigenvalue weighted by Gasteiger charge is 2.25. The number of amides is 2. The molecule has 1 unspecified atom stereocenters. The van der Waals surface area contributed by atoms with Crippen molar-refractivity contribution in [1.82, 2.24) is 5.32 Å². The molecule has 132 valence electrons. The van der Waals surface area contributed by atoms with Gasteiger partial charge in [-0.1, -0.05) is 38.1 Å². The van der Waals surface area contributed by atoms with Gasteiger partial charge >= 0.3 is 0 Å². The van der Waals surface area contributed by atoms with Crippen molar-refractivity contribution in [3.05, 3.63) is 63.6 Å². The fraction of sp³-hybridized carbons (Fsp3) is 0.300. The van der Waals surface area contributed by atoms with E-state index in [0.29, 0.717) is 10.0 Å². The van der Waals surface area contributed by atoms with Gasteiger partial charge in [-0.05, 0) is 65.0 Å². The zero-order chi connectivity index (χ0) is 18.6. The van der Waals surface area contributed by atoms with E-state index in [2.05, 4.69) is 26.6 Å². The van der Waals surface area contributed by atoms with E-state index in [1.54, 1.807) is 18.2 Å². The summed E-state index contributed by atoms with van der Waals surface area (Å²) in [5.41, 5.74) is 3.41. The third-order valence-electron chi connectivity index (χ3n) is 4.22. The van der Waals surface area contributed by atoms with Crippen molar-refractivity contribution in [2.45, 2.75) is 33.7 Å². The molecule has 1 atom stereocenters. The smallest absolute Gasteiger partial charge is 0.253 e. The van der Waals surface area contributed by atoms with Crippen LogP contribution in [0.1, 0.15) is 35.3 Å². The highest BCUT2D eigenvalue weighted by atomic mass is 79.9. The maximum Gasteiger partial charge on any atom is 0.253 e. The van der Waals surface area contributed by atoms with Gasteiger partial charge in [-0.15, -0.1) is 0 Å². The van der Waals surface area contributed by atoms with Gasteiger partial charge in [0.15, 0.2) is 0 Å². The molecule has 0 aromatic heterocycles. The first kappa shape index (κ1) is 19.2. The van der Waals surface area contributed by atoms with Gasteiger partial charge in [-0.25, -0.2) is 0 Å². The topological polar surface area (TPSA) is 58.2 Å². The summed E-state index contributed by atoms with van der Waals surface area (Å²) in [6.45, 7) is 7.79. The summed E-state index contributed by atoms with van der Waals surface area (Å²) in [4.78, 5) is 25.3. The summed E-state index contributed by atoms with van der Waals surface area (Å²) in [7, 11) is 0. The molecule has 25 heavy (non-hydrogen) atoms.